The smallest absolute Gasteiger partial charge is 0.0591 e. The van der Waals surface area contributed by atoms with Gasteiger partial charge in [0.15, 0.2) is 0 Å². The number of nitrogens with one attached hydrogen (secondary N) is 1. The van der Waals surface area contributed by atoms with Gasteiger partial charge >= 0.3 is 0 Å². The third kappa shape index (κ3) is 3.89. The fourth-order valence-electron chi connectivity index (χ4n) is 1.78. The molecule has 0 bridgehead atoms. The van der Waals surface area contributed by atoms with Crippen molar-refractivity contribution < 1.29 is 4.74 Å². The Balaban J connectivity index is 1.59. The maximum atomic E-state index is 5.61. The Labute approximate surface area is 102 Å². The summed E-state index contributed by atoms with van der Waals surface area (Å²) >= 11 is 1.83. The molecular weight excluding hydrogens is 218 g/mol. The molecule has 3 heteroatoms. The predicted octanol–water partition coefficient (Wildman–Crippen LogP) is 3.22. The lowest BCUT2D eigenvalue weighted by Crippen LogP contribution is -2.24. The Morgan fingerprint density at radius 1 is 1.56 bits per heavy atom. The minimum atomic E-state index is 0.504. The summed E-state index contributed by atoms with van der Waals surface area (Å²) in [7, 11) is 0. The highest BCUT2D eigenvalue weighted by Gasteiger charge is 2.20. The van der Waals surface area contributed by atoms with Crippen LogP contribution in [0.5, 0.6) is 0 Å². The molecule has 0 spiro atoms. The van der Waals surface area contributed by atoms with Crippen LogP contribution in [0.2, 0.25) is 0 Å². The van der Waals surface area contributed by atoms with E-state index in [0.717, 1.165) is 32.1 Å². The number of hydrogen-bond donors (Lipinski definition) is 1. The molecule has 1 atom stereocenters. The third-order valence-corrected chi connectivity index (χ3v) is 3.97. The van der Waals surface area contributed by atoms with Crippen molar-refractivity contribution in [2.75, 3.05) is 19.8 Å². The van der Waals surface area contributed by atoms with Crippen LogP contribution in [0.25, 0.3) is 0 Å². The number of ether oxygens (including phenoxy) is 1. The molecule has 1 N–H and O–H groups in total. The van der Waals surface area contributed by atoms with E-state index in [1.54, 1.807) is 0 Å². The highest BCUT2D eigenvalue weighted by atomic mass is 32.1. The number of rotatable bonds is 8. The molecule has 1 aliphatic carbocycles. The van der Waals surface area contributed by atoms with Gasteiger partial charge in [0.25, 0.3) is 0 Å². The molecule has 2 rings (SSSR count). The SMILES string of the molecule is CCC(NCCOCC1CC1)c1cccs1. The zero-order valence-corrected chi connectivity index (χ0v) is 10.8. The fourth-order valence-corrected chi connectivity index (χ4v) is 2.66. The zero-order valence-electron chi connectivity index (χ0n) is 9.95. The standard InChI is InChI=1S/C13H21NOS/c1-2-12(13-4-3-9-16-13)14-7-8-15-10-11-5-6-11/h3-4,9,11-12,14H,2,5-8,10H2,1H3. The highest BCUT2D eigenvalue weighted by molar-refractivity contribution is 7.10. The van der Waals surface area contributed by atoms with Gasteiger partial charge in [0.1, 0.15) is 0 Å². The summed E-state index contributed by atoms with van der Waals surface area (Å²) in [6.45, 7) is 5.00. The van der Waals surface area contributed by atoms with Crippen molar-refractivity contribution in [3.63, 3.8) is 0 Å². The fraction of sp³-hybridized carbons (Fsp3) is 0.692. The summed E-state index contributed by atoms with van der Waals surface area (Å²) in [5.74, 6) is 0.874. The molecule has 16 heavy (non-hydrogen) atoms. The number of thiophene rings is 1. The molecule has 0 saturated heterocycles. The van der Waals surface area contributed by atoms with Crippen molar-refractivity contribution in [1.82, 2.24) is 5.32 Å². The summed E-state index contributed by atoms with van der Waals surface area (Å²) < 4.78 is 5.61. The van der Waals surface area contributed by atoms with E-state index >= 15 is 0 Å². The summed E-state index contributed by atoms with van der Waals surface area (Å²) in [6, 6.07) is 4.83. The van der Waals surface area contributed by atoms with Gasteiger partial charge in [-0.3, -0.25) is 0 Å². The average Bonchev–Trinajstić information content (AvgIpc) is 2.97. The molecule has 1 aromatic heterocycles. The Hall–Kier alpha value is -0.380. The van der Waals surface area contributed by atoms with Crippen LogP contribution in [0.3, 0.4) is 0 Å². The van der Waals surface area contributed by atoms with E-state index in [0.29, 0.717) is 6.04 Å². The van der Waals surface area contributed by atoms with E-state index in [1.165, 1.54) is 17.7 Å². The Morgan fingerprint density at radius 3 is 3.06 bits per heavy atom. The van der Waals surface area contributed by atoms with Gasteiger partial charge in [-0.25, -0.2) is 0 Å². The first kappa shape index (κ1) is 12.1. The molecule has 1 fully saturated rings. The molecule has 0 radical (unpaired) electrons. The monoisotopic (exact) mass is 239 g/mol. The number of hydrogen-bond acceptors (Lipinski definition) is 3. The Kier molecular flexibility index (Phi) is 4.82. The van der Waals surface area contributed by atoms with Crippen LogP contribution in [0.15, 0.2) is 17.5 Å². The van der Waals surface area contributed by atoms with Gasteiger partial charge in [-0.15, -0.1) is 11.3 Å². The molecule has 1 saturated carbocycles. The van der Waals surface area contributed by atoms with Gasteiger partial charge in [-0.2, -0.15) is 0 Å². The molecule has 1 aliphatic rings. The maximum Gasteiger partial charge on any atom is 0.0591 e. The molecule has 90 valence electrons. The minimum absolute atomic E-state index is 0.504. The summed E-state index contributed by atoms with van der Waals surface area (Å²) in [4.78, 5) is 1.43. The molecule has 1 aromatic rings. The van der Waals surface area contributed by atoms with E-state index in [9.17, 15) is 0 Å². The van der Waals surface area contributed by atoms with Gasteiger partial charge in [0, 0.05) is 24.1 Å². The minimum Gasteiger partial charge on any atom is -0.380 e. The average molecular weight is 239 g/mol. The lowest BCUT2D eigenvalue weighted by atomic mass is 10.2. The van der Waals surface area contributed by atoms with E-state index in [-0.39, 0.29) is 0 Å². The van der Waals surface area contributed by atoms with Crippen molar-refractivity contribution in [3.8, 4) is 0 Å². The summed E-state index contributed by atoms with van der Waals surface area (Å²) in [6.07, 6.45) is 3.89. The summed E-state index contributed by atoms with van der Waals surface area (Å²) in [5.41, 5.74) is 0. The second kappa shape index (κ2) is 6.38. The van der Waals surface area contributed by atoms with E-state index in [2.05, 4.69) is 29.8 Å². The predicted molar refractivity (Wildman–Crippen MR) is 68.9 cm³/mol. The van der Waals surface area contributed by atoms with Gasteiger partial charge in [-0.05, 0) is 36.6 Å². The third-order valence-electron chi connectivity index (χ3n) is 2.98. The van der Waals surface area contributed by atoms with Crippen molar-refractivity contribution >= 4 is 11.3 Å². The van der Waals surface area contributed by atoms with Crippen LogP contribution in [0.1, 0.15) is 37.1 Å². The van der Waals surface area contributed by atoms with Gasteiger partial charge < -0.3 is 10.1 Å². The lowest BCUT2D eigenvalue weighted by molar-refractivity contribution is 0.124. The van der Waals surface area contributed by atoms with Crippen LogP contribution in [-0.4, -0.2) is 19.8 Å². The van der Waals surface area contributed by atoms with E-state index in [1.807, 2.05) is 11.3 Å². The normalized spacial score (nSPS) is 17.6. The topological polar surface area (TPSA) is 21.3 Å². The van der Waals surface area contributed by atoms with Gasteiger partial charge in [0.2, 0.25) is 0 Å². The first-order valence-corrected chi connectivity index (χ1v) is 7.12. The molecule has 0 amide bonds. The molecule has 0 aliphatic heterocycles. The lowest BCUT2D eigenvalue weighted by Gasteiger charge is -2.15. The molecule has 0 aromatic carbocycles. The molecule has 1 heterocycles. The maximum absolute atomic E-state index is 5.61. The first-order chi connectivity index (χ1) is 7.90. The first-order valence-electron chi connectivity index (χ1n) is 6.24. The van der Waals surface area contributed by atoms with Crippen LogP contribution >= 0.6 is 11.3 Å². The Bertz CT molecular complexity index is 282. The zero-order chi connectivity index (χ0) is 11.2. The largest absolute Gasteiger partial charge is 0.380 e. The van der Waals surface area contributed by atoms with Crippen molar-refractivity contribution in [2.45, 2.75) is 32.2 Å². The second-order valence-corrected chi connectivity index (χ2v) is 5.43. The van der Waals surface area contributed by atoms with Gasteiger partial charge in [0.05, 0.1) is 6.61 Å². The summed E-state index contributed by atoms with van der Waals surface area (Å²) in [5, 5.41) is 5.69. The van der Waals surface area contributed by atoms with Gasteiger partial charge in [-0.1, -0.05) is 13.0 Å². The quantitative estimate of drug-likeness (QED) is 0.703. The molecular formula is C13H21NOS. The van der Waals surface area contributed by atoms with Crippen LogP contribution in [0, 0.1) is 5.92 Å². The van der Waals surface area contributed by atoms with Crippen LogP contribution in [-0.2, 0) is 4.74 Å². The second-order valence-electron chi connectivity index (χ2n) is 4.45. The van der Waals surface area contributed by atoms with Crippen molar-refractivity contribution in [1.29, 1.82) is 0 Å². The molecule has 1 unspecified atom stereocenters. The van der Waals surface area contributed by atoms with Crippen molar-refractivity contribution in [3.05, 3.63) is 22.4 Å². The van der Waals surface area contributed by atoms with E-state index < -0.39 is 0 Å². The Morgan fingerprint density at radius 2 is 2.44 bits per heavy atom. The highest BCUT2D eigenvalue weighted by Crippen LogP contribution is 2.28. The van der Waals surface area contributed by atoms with Crippen LogP contribution < -0.4 is 5.32 Å². The van der Waals surface area contributed by atoms with E-state index in [4.69, 9.17) is 4.74 Å². The molecule has 2 nitrogen and oxygen atoms in total. The van der Waals surface area contributed by atoms with Crippen LogP contribution in [0.4, 0.5) is 0 Å². The van der Waals surface area contributed by atoms with Crippen molar-refractivity contribution in [2.24, 2.45) is 5.92 Å².